The Bertz CT molecular complexity index is 787. The summed E-state index contributed by atoms with van der Waals surface area (Å²) in [5.41, 5.74) is 0.517. The zero-order chi connectivity index (χ0) is 17.9. The highest BCUT2D eigenvalue weighted by Gasteiger charge is 2.86. The summed E-state index contributed by atoms with van der Waals surface area (Å²) in [4.78, 5) is 13.4. The fourth-order valence-corrected chi connectivity index (χ4v) is 7.50. The molecule has 4 nitrogen and oxygen atoms in total. The number of carbonyl (C=O) groups excluding carboxylic acids is 1. The molecule has 5 aliphatic rings. The zero-order valence-electron chi connectivity index (χ0n) is 15.4. The first-order valence-corrected chi connectivity index (χ1v) is 10.0. The molecule has 2 saturated heterocycles. The lowest BCUT2D eigenvalue weighted by Crippen LogP contribution is -2.74. The normalized spacial score (nSPS) is 56.7. The van der Waals surface area contributed by atoms with Crippen molar-refractivity contribution in [2.45, 2.75) is 62.9 Å². The summed E-state index contributed by atoms with van der Waals surface area (Å²) in [6.07, 6.45) is 1.79. The fourth-order valence-electron chi connectivity index (χ4n) is 7.50. The molecule has 1 aromatic rings. The van der Waals surface area contributed by atoms with Crippen molar-refractivity contribution < 1.29 is 19.4 Å². The van der Waals surface area contributed by atoms with Gasteiger partial charge in [0.1, 0.15) is 17.5 Å². The average molecular weight is 354 g/mol. The maximum Gasteiger partial charge on any atom is 0.140 e. The van der Waals surface area contributed by atoms with Crippen molar-refractivity contribution >= 4 is 5.78 Å². The number of rotatable bonds is 1. The number of Topliss-reactive ketones (excluding diaryl/α,β-unsaturated/α-hetero) is 1. The summed E-state index contributed by atoms with van der Waals surface area (Å²) >= 11 is 0. The molecule has 0 amide bonds. The minimum Gasteiger partial charge on any atom is -0.390 e. The van der Waals surface area contributed by atoms with Gasteiger partial charge in [-0.2, -0.15) is 0 Å². The smallest absolute Gasteiger partial charge is 0.140 e. The molecule has 6 rings (SSSR count). The fraction of sp³-hybridized carbons (Fsp3) is 0.682. The predicted octanol–water partition coefficient (Wildman–Crippen LogP) is 2.69. The molecule has 0 aromatic heterocycles. The monoisotopic (exact) mass is 354 g/mol. The Morgan fingerprint density at radius 1 is 1.19 bits per heavy atom. The zero-order valence-corrected chi connectivity index (χ0v) is 15.4. The molecule has 5 fully saturated rings. The number of ketones is 1. The van der Waals surface area contributed by atoms with Crippen molar-refractivity contribution in [3.05, 3.63) is 35.9 Å². The summed E-state index contributed by atoms with van der Waals surface area (Å²) in [6, 6.07) is 10.5. The Hall–Kier alpha value is -1.23. The SMILES string of the molecule is CC1C[C@H]2O[C@@H]3[C@@H](O)C[C@](C)([C@]24CC(c2ccccc2)[C@@H]4C1=O)[C@]31CO1. The molecule has 2 spiro atoms. The van der Waals surface area contributed by atoms with Crippen molar-refractivity contribution in [1.82, 2.24) is 0 Å². The number of aliphatic hydroxyl groups is 1. The topological polar surface area (TPSA) is 59.1 Å². The van der Waals surface area contributed by atoms with Crippen LogP contribution in [0.1, 0.15) is 44.6 Å². The highest BCUT2D eigenvalue weighted by Crippen LogP contribution is 2.80. The highest BCUT2D eigenvalue weighted by molar-refractivity contribution is 5.88. The Labute approximate surface area is 153 Å². The Morgan fingerprint density at radius 2 is 1.92 bits per heavy atom. The number of benzene rings is 1. The molecule has 2 aliphatic heterocycles. The van der Waals surface area contributed by atoms with Crippen molar-refractivity contribution in [2.24, 2.45) is 22.7 Å². The Kier molecular flexibility index (Phi) is 2.79. The molecular formula is C22H26O4. The molecule has 1 N–H and O–H groups in total. The van der Waals surface area contributed by atoms with Gasteiger partial charge in [-0.3, -0.25) is 4.79 Å². The summed E-state index contributed by atoms with van der Waals surface area (Å²) in [7, 11) is 0. The third-order valence-electron chi connectivity index (χ3n) is 8.83. The van der Waals surface area contributed by atoms with Gasteiger partial charge in [-0.15, -0.1) is 0 Å². The van der Waals surface area contributed by atoms with Crippen LogP contribution >= 0.6 is 0 Å². The molecule has 4 heteroatoms. The van der Waals surface area contributed by atoms with E-state index in [1.54, 1.807) is 0 Å². The van der Waals surface area contributed by atoms with E-state index in [4.69, 9.17) is 9.47 Å². The van der Waals surface area contributed by atoms with E-state index in [-0.39, 0.29) is 46.4 Å². The van der Waals surface area contributed by atoms with Gasteiger partial charge in [-0.1, -0.05) is 44.2 Å². The maximum atomic E-state index is 13.4. The molecule has 3 aliphatic carbocycles. The Balaban J connectivity index is 1.50. The summed E-state index contributed by atoms with van der Waals surface area (Å²) in [5.74, 6) is 0.663. The molecule has 9 atom stereocenters. The van der Waals surface area contributed by atoms with Gasteiger partial charge >= 0.3 is 0 Å². The molecule has 138 valence electrons. The van der Waals surface area contributed by atoms with E-state index in [0.717, 1.165) is 12.8 Å². The standard InChI is InChI=1S/C22H26O4/c1-12-8-16-21(20(2)10-15(23)19(26-16)22(20)11-25-22)9-14(17(21)18(12)24)13-6-4-3-5-7-13/h3-7,12,14-17,19,23H,8-11H2,1-2H3/t12?,14?,15-,16+,17+,19+,20+,21+,22-/m0/s1. The van der Waals surface area contributed by atoms with Crippen molar-refractivity contribution in [3.8, 4) is 0 Å². The number of aliphatic hydroxyl groups excluding tert-OH is 1. The number of epoxide rings is 1. The van der Waals surface area contributed by atoms with Crippen molar-refractivity contribution in [3.63, 3.8) is 0 Å². The van der Waals surface area contributed by atoms with Crippen LogP contribution in [-0.2, 0) is 14.3 Å². The van der Waals surface area contributed by atoms with E-state index in [1.807, 2.05) is 6.07 Å². The van der Waals surface area contributed by atoms with E-state index in [1.165, 1.54) is 5.56 Å². The third kappa shape index (κ3) is 1.47. The van der Waals surface area contributed by atoms with E-state index < -0.39 is 6.10 Å². The Morgan fingerprint density at radius 3 is 2.62 bits per heavy atom. The summed E-state index contributed by atoms with van der Waals surface area (Å²) in [5, 5.41) is 10.7. The van der Waals surface area contributed by atoms with Crippen LogP contribution in [0.15, 0.2) is 30.3 Å². The van der Waals surface area contributed by atoms with Gasteiger partial charge in [-0.05, 0) is 30.7 Å². The first-order chi connectivity index (χ1) is 12.4. The molecule has 3 saturated carbocycles. The van der Waals surface area contributed by atoms with Crippen molar-refractivity contribution in [1.29, 1.82) is 0 Å². The number of ether oxygens (including phenoxy) is 2. The molecule has 2 heterocycles. The number of hydrogen-bond donors (Lipinski definition) is 1. The van der Waals surface area contributed by atoms with Gasteiger partial charge in [-0.25, -0.2) is 0 Å². The highest BCUT2D eigenvalue weighted by atomic mass is 16.6. The van der Waals surface area contributed by atoms with E-state index in [0.29, 0.717) is 18.8 Å². The lowest BCUT2D eigenvalue weighted by atomic mass is 9.35. The van der Waals surface area contributed by atoms with Gasteiger partial charge in [0.2, 0.25) is 0 Å². The van der Waals surface area contributed by atoms with Gasteiger partial charge in [0.25, 0.3) is 0 Å². The second kappa shape index (κ2) is 4.60. The van der Waals surface area contributed by atoms with Crippen LogP contribution in [0.4, 0.5) is 0 Å². The van der Waals surface area contributed by atoms with Crippen LogP contribution in [0.25, 0.3) is 0 Å². The van der Waals surface area contributed by atoms with E-state index in [9.17, 15) is 9.90 Å². The van der Waals surface area contributed by atoms with Crippen LogP contribution in [-0.4, -0.2) is 41.4 Å². The van der Waals surface area contributed by atoms with Crippen LogP contribution in [0.5, 0.6) is 0 Å². The number of carbonyl (C=O) groups is 1. The molecule has 2 bridgehead atoms. The quantitative estimate of drug-likeness (QED) is 0.788. The van der Waals surface area contributed by atoms with Gasteiger partial charge in [0.15, 0.2) is 0 Å². The molecule has 1 aromatic carbocycles. The van der Waals surface area contributed by atoms with Gasteiger partial charge in [0.05, 0.1) is 18.8 Å². The predicted molar refractivity (Wildman–Crippen MR) is 94.6 cm³/mol. The lowest BCUT2D eigenvalue weighted by molar-refractivity contribution is -0.282. The second-order valence-corrected chi connectivity index (χ2v) is 9.61. The summed E-state index contributed by atoms with van der Waals surface area (Å²) in [6.45, 7) is 4.98. The summed E-state index contributed by atoms with van der Waals surface area (Å²) < 4.78 is 12.5. The average Bonchev–Trinajstić information content (AvgIpc) is 3.36. The van der Waals surface area contributed by atoms with Crippen LogP contribution < -0.4 is 0 Å². The third-order valence-corrected chi connectivity index (χ3v) is 8.83. The van der Waals surface area contributed by atoms with Gasteiger partial charge in [0, 0.05) is 22.7 Å². The minimum absolute atomic E-state index is 0.0176. The number of hydrogen-bond acceptors (Lipinski definition) is 4. The van der Waals surface area contributed by atoms with Crippen LogP contribution in [0.3, 0.4) is 0 Å². The molecular weight excluding hydrogens is 328 g/mol. The molecule has 26 heavy (non-hydrogen) atoms. The van der Waals surface area contributed by atoms with Crippen LogP contribution in [0, 0.1) is 22.7 Å². The van der Waals surface area contributed by atoms with Crippen molar-refractivity contribution in [2.75, 3.05) is 6.61 Å². The lowest BCUT2D eigenvalue weighted by Gasteiger charge is -2.70. The van der Waals surface area contributed by atoms with Crippen LogP contribution in [0.2, 0.25) is 0 Å². The largest absolute Gasteiger partial charge is 0.390 e. The first-order valence-electron chi connectivity index (χ1n) is 10.0. The first kappa shape index (κ1) is 15.8. The second-order valence-electron chi connectivity index (χ2n) is 9.61. The molecule has 0 radical (unpaired) electrons. The maximum absolute atomic E-state index is 13.4. The van der Waals surface area contributed by atoms with E-state index in [2.05, 4.69) is 38.1 Å². The minimum atomic E-state index is -0.482. The molecule has 2 unspecified atom stereocenters. The van der Waals surface area contributed by atoms with E-state index >= 15 is 0 Å². The van der Waals surface area contributed by atoms with Gasteiger partial charge < -0.3 is 14.6 Å².